The molecule has 1 amide bonds. The molecule has 0 radical (unpaired) electrons. The van der Waals surface area contributed by atoms with Crippen molar-refractivity contribution in [3.05, 3.63) is 53.2 Å². The number of hydrogen-bond donors (Lipinski definition) is 3. The van der Waals surface area contributed by atoms with Crippen LogP contribution in [0.25, 0.3) is 5.53 Å². The zero-order chi connectivity index (χ0) is 34.6. The molecule has 0 aromatic heterocycles. The summed E-state index contributed by atoms with van der Waals surface area (Å²) in [5.41, 5.74) is 9.27. The minimum absolute atomic E-state index is 0.0378. The van der Waals surface area contributed by atoms with Gasteiger partial charge in [-0.25, -0.2) is 0 Å². The molecule has 236 valence electrons. The summed E-state index contributed by atoms with van der Waals surface area (Å²) in [5, 5.41) is 12.6. The second kappa shape index (κ2) is 26.5. The van der Waals surface area contributed by atoms with Gasteiger partial charge in [0.15, 0.2) is 5.78 Å². The van der Waals surface area contributed by atoms with Crippen molar-refractivity contribution in [3.63, 3.8) is 0 Å². The SMILES string of the molecule is CC(N=CB=O)C(=O)C[NH+]=[N-].CC(N=CB=O)C(=O)O.COC(=O)/C=C(\C)N=CB=O.O=C1CC(CC(=O)c2ccccc2)N1. The van der Waals surface area contributed by atoms with Crippen molar-refractivity contribution in [1.29, 1.82) is 0 Å². The van der Waals surface area contributed by atoms with Crippen LogP contribution in [0.5, 0.6) is 0 Å². The van der Waals surface area contributed by atoms with E-state index in [4.69, 9.17) is 10.6 Å². The predicted molar refractivity (Wildman–Crippen MR) is 163 cm³/mol. The molecule has 0 saturated carbocycles. The van der Waals surface area contributed by atoms with Crippen LogP contribution in [0.3, 0.4) is 0 Å². The van der Waals surface area contributed by atoms with E-state index in [1.807, 2.05) is 18.2 Å². The fourth-order valence-electron chi connectivity index (χ4n) is 2.63. The zero-order valence-electron chi connectivity index (χ0n) is 25.2. The summed E-state index contributed by atoms with van der Waals surface area (Å²) in [6.45, 7) is 4.37. The Morgan fingerprint density at radius 2 is 1.58 bits per heavy atom. The smallest absolute Gasteiger partial charge is 0.222 e. The Balaban J connectivity index is 0. The molecule has 1 fully saturated rings. The summed E-state index contributed by atoms with van der Waals surface area (Å²) in [7, 11) is 2.75. The number of carbonyl (C=O) groups excluding carboxylic acids is 4. The van der Waals surface area contributed by atoms with Gasteiger partial charge in [0.25, 0.3) is 0 Å². The first-order valence-electron chi connectivity index (χ1n) is 13.0. The molecule has 0 aliphatic carbocycles. The van der Waals surface area contributed by atoms with E-state index in [-0.39, 0.29) is 30.1 Å². The van der Waals surface area contributed by atoms with Crippen LogP contribution in [0, 0.1) is 0 Å². The molecular weight excluding hydrogens is 589 g/mol. The number of carboxylic acids is 1. The third-order valence-electron chi connectivity index (χ3n) is 5.01. The van der Waals surface area contributed by atoms with E-state index in [1.54, 1.807) is 31.1 Å². The molecule has 45 heavy (non-hydrogen) atoms. The number of amides is 1. The van der Waals surface area contributed by atoms with Crippen LogP contribution in [0.15, 0.2) is 57.1 Å². The molecule has 1 aromatic carbocycles. The van der Waals surface area contributed by atoms with Crippen molar-refractivity contribution in [1.82, 2.24) is 5.32 Å². The van der Waals surface area contributed by atoms with E-state index in [9.17, 15) is 38.1 Å². The topological polar surface area (TPSA) is 251 Å². The maximum absolute atomic E-state index is 11.6. The summed E-state index contributed by atoms with van der Waals surface area (Å²) in [6.07, 6.45) is 5.10. The van der Waals surface area contributed by atoms with Gasteiger partial charge in [-0.3, -0.25) is 9.59 Å². The molecule has 16 nitrogen and oxygen atoms in total. The molecule has 1 aromatic rings. The molecule has 1 aliphatic rings. The van der Waals surface area contributed by atoms with Crippen LogP contribution in [-0.2, 0) is 38.0 Å². The average molecular weight is 622 g/mol. The van der Waals surface area contributed by atoms with Crippen LogP contribution in [-0.4, -0.2) is 106 Å². The Labute approximate surface area is 261 Å². The first-order valence-corrected chi connectivity index (χ1v) is 13.0. The van der Waals surface area contributed by atoms with Gasteiger partial charge in [-0.15, -0.1) is 0 Å². The van der Waals surface area contributed by atoms with Crippen LogP contribution >= 0.6 is 0 Å². The molecule has 1 heterocycles. The summed E-state index contributed by atoms with van der Waals surface area (Å²) in [5.74, 6) is -1.66. The number of carbonyl (C=O) groups is 5. The molecule has 19 heteroatoms. The van der Waals surface area contributed by atoms with Gasteiger partial charge in [0.1, 0.15) is 0 Å². The number of methoxy groups -OCH3 is 1. The van der Waals surface area contributed by atoms with Crippen molar-refractivity contribution >= 4 is 69.2 Å². The van der Waals surface area contributed by atoms with Crippen molar-refractivity contribution in [2.45, 2.75) is 51.7 Å². The monoisotopic (exact) mass is 622 g/mol. The number of β-lactam (4-membered cyclic amide) rings is 1. The Hall–Kier alpha value is -5.09. The number of nitrogens with zero attached hydrogens (tertiary/aromatic N) is 4. The molecule has 1 aliphatic heterocycles. The average Bonchev–Trinajstić information content (AvgIpc) is 3.01. The van der Waals surface area contributed by atoms with Gasteiger partial charge in [0.2, 0.25) is 5.91 Å². The summed E-state index contributed by atoms with van der Waals surface area (Å²) < 4.78 is 33.4. The predicted octanol–water partition coefficient (Wildman–Crippen LogP) is -1.05. The van der Waals surface area contributed by atoms with Crippen molar-refractivity contribution < 1.29 is 53.0 Å². The Morgan fingerprint density at radius 3 is 2.02 bits per heavy atom. The maximum atomic E-state index is 11.6. The molecule has 0 bridgehead atoms. The summed E-state index contributed by atoms with van der Waals surface area (Å²) in [6, 6.07) is 7.79. The largest absolute Gasteiger partial charge is 0.352 e. The van der Waals surface area contributed by atoms with Gasteiger partial charge in [-0.05, 0) is 0 Å². The third-order valence-corrected chi connectivity index (χ3v) is 5.01. The molecule has 3 atom stereocenters. The normalized spacial score (nSPS) is 14.5. The number of nitrogens with one attached hydrogen (secondary N) is 2. The molecule has 2 rings (SSSR count). The number of ketones is 2. The summed E-state index contributed by atoms with van der Waals surface area (Å²) in [4.78, 5) is 64.0. The standard InChI is InChI=1S/C11H11NO2.C6H8BNO3.C5H8BN3O2.C4H6BNO3/c13-10(6-9-7-11(14)12-9)8-4-2-1-3-5-8;1-5(8-4-7-10)3-6(9)11-2;1-4(8-3-6-11)5(10)2-9-7;1-3(4(7)8)6-2-5-9/h1-5,9H,6-7H2,(H,12,14);3-4H,1-2H3;3-4,9H,2H2,1H3;2-3H,1H3,(H,7,8)/b;5-3+,8-4?;;. The van der Waals surface area contributed by atoms with Crippen LogP contribution in [0.2, 0.25) is 0 Å². The van der Waals surface area contributed by atoms with Crippen LogP contribution < -0.4 is 10.4 Å². The minimum Gasteiger partial charge on any atom is -0.352 e. The Morgan fingerprint density at radius 1 is 1.04 bits per heavy atom. The van der Waals surface area contributed by atoms with E-state index < -0.39 is 24.0 Å². The number of Topliss-reactive ketones (excluding diaryl/α,β-unsaturated/α-hetero) is 2. The van der Waals surface area contributed by atoms with Gasteiger partial charge in [-0.2, -0.15) is 0 Å². The third kappa shape index (κ3) is 23.1. The van der Waals surface area contributed by atoms with Gasteiger partial charge >= 0.3 is 180 Å². The fourth-order valence-corrected chi connectivity index (χ4v) is 2.63. The number of carboxylic acid groups (broad SMARTS) is 1. The van der Waals surface area contributed by atoms with Crippen LogP contribution in [0.4, 0.5) is 0 Å². The van der Waals surface area contributed by atoms with Gasteiger partial charge < -0.3 is 5.32 Å². The molecule has 3 N–H and O–H groups in total. The van der Waals surface area contributed by atoms with Crippen molar-refractivity contribution in [3.8, 4) is 0 Å². The number of allylic oxidation sites excluding steroid dienone is 1. The van der Waals surface area contributed by atoms with Crippen molar-refractivity contribution in [2.75, 3.05) is 13.7 Å². The number of aliphatic carboxylic acids is 1. The van der Waals surface area contributed by atoms with E-state index in [0.717, 1.165) is 18.3 Å². The molecular formula is C26H33B3N6O10. The number of benzene rings is 1. The van der Waals surface area contributed by atoms with E-state index in [1.165, 1.54) is 20.1 Å². The number of hydrogen-bond acceptors (Lipinski definition) is 12. The molecule has 0 spiro atoms. The first kappa shape index (κ1) is 42.0. The quantitative estimate of drug-likeness (QED) is 0.0432. The van der Waals surface area contributed by atoms with E-state index >= 15 is 0 Å². The Bertz CT molecular complexity index is 1280. The second-order valence-electron chi connectivity index (χ2n) is 8.54. The first-order chi connectivity index (χ1) is 21.4. The van der Waals surface area contributed by atoms with Crippen molar-refractivity contribution in [2.24, 2.45) is 15.0 Å². The molecule has 1 saturated heterocycles. The van der Waals surface area contributed by atoms with Gasteiger partial charge in [0, 0.05) is 24.4 Å². The van der Waals surface area contributed by atoms with E-state index in [0.29, 0.717) is 45.6 Å². The van der Waals surface area contributed by atoms with E-state index in [2.05, 4.69) is 25.0 Å². The number of rotatable bonds is 14. The number of aliphatic imine (C=N–C) groups is 3. The van der Waals surface area contributed by atoms with Crippen LogP contribution in [0.1, 0.15) is 44.0 Å². The number of esters is 1. The maximum Gasteiger partial charge on any atom is 0.222 e. The van der Waals surface area contributed by atoms with Gasteiger partial charge in [0.05, 0.1) is 0 Å². The Kier molecular flexibility index (Phi) is 24.8. The minimum atomic E-state index is -1.03. The fraction of sp³-hybridized carbons (Fsp3) is 0.385. The number of ether oxygens (including phenoxy) is 1. The van der Waals surface area contributed by atoms with Gasteiger partial charge in [-0.1, -0.05) is 30.3 Å². The second-order valence-corrected chi connectivity index (χ2v) is 8.54. The molecule has 3 unspecified atom stereocenters. The zero-order valence-corrected chi connectivity index (χ0v) is 25.2. The summed E-state index contributed by atoms with van der Waals surface area (Å²) >= 11 is 0.